The molecule has 1 aliphatic rings. The predicted molar refractivity (Wildman–Crippen MR) is 80.7 cm³/mol. The second-order valence-corrected chi connectivity index (χ2v) is 6.64. The van der Waals surface area contributed by atoms with Gasteiger partial charge in [0.1, 0.15) is 6.10 Å². The first-order valence-corrected chi connectivity index (χ1v) is 8.00. The Balaban J connectivity index is 1.97. The number of hydrogen-bond donors (Lipinski definition) is 0. The van der Waals surface area contributed by atoms with E-state index in [9.17, 15) is 4.21 Å². The third-order valence-corrected chi connectivity index (χ3v) is 4.70. The third-order valence-electron chi connectivity index (χ3n) is 3.37. The second-order valence-electron chi connectivity index (χ2n) is 4.84. The molecule has 1 aromatic carbocycles. The molecule has 3 unspecified atom stereocenters. The van der Waals surface area contributed by atoms with Gasteiger partial charge in [-0.15, -0.1) is 0 Å². The summed E-state index contributed by atoms with van der Waals surface area (Å²) in [6, 6.07) is 8.09. The first-order chi connectivity index (χ1) is 9.10. The van der Waals surface area contributed by atoms with Crippen molar-refractivity contribution in [3.8, 4) is 0 Å². The lowest BCUT2D eigenvalue weighted by Crippen LogP contribution is -2.19. The normalized spacial score (nSPS) is 21.4. The lowest BCUT2D eigenvalue weighted by Gasteiger charge is -2.12. The van der Waals surface area contributed by atoms with Gasteiger partial charge < -0.3 is 4.84 Å². The van der Waals surface area contributed by atoms with Gasteiger partial charge >= 0.3 is 0 Å². The summed E-state index contributed by atoms with van der Waals surface area (Å²) in [6.07, 6.45) is 5.16. The van der Waals surface area contributed by atoms with E-state index < -0.39 is 10.8 Å². The van der Waals surface area contributed by atoms with Gasteiger partial charge in [0.05, 0.1) is 5.71 Å². The van der Waals surface area contributed by atoms with Crippen molar-refractivity contribution in [1.82, 2.24) is 0 Å². The molecule has 0 fully saturated rings. The zero-order valence-electron chi connectivity index (χ0n) is 11.3. The molecule has 0 N–H and O–H groups in total. The molecule has 0 bridgehead atoms. The Bertz CT molecular complexity index is 507. The van der Waals surface area contributed by atoms with Crippen LogP contribution in [0.5, 0.6) is 0 Å². The molecule has 0 spiro atoms. The number of benzene rings is 1. The Morgan fingerprint density at radius 3 is 2.79 bits per heavy atom. The SMILES string of the molecule is C=Cc1ccc(C2=NOC(CC(C)S(C)=O)C2)cc1. The van der Waals surface area contributed by atoms with Gasteiger partial charge in [-0.1, -0.05) is 49.0 Å². The minimum atomic E-state index is -0.808. The Morgan fingerprint density at radius 2 is 2.21 bits per heavy atom. The Kier molecular flexibility index (Phi) is 4.53. The molecule has 0 amide bonds. The van der Waals surface area contributed by atoms with Gasteiger partial charge in [-0.25, -0.2) is 0 Å². The molecule has 19 heavy (non-hydrogen) atoms. The topological polar surface area (TPSA) is 38.7 Å². The number of nitrogens with zero attached hydrogens (tertiary/aromatic N) is 1. The highest BCUT2D eigenvalue weighted by molar-refractivity contribution is 7.84. The fraction of sp³-hybridized carbons (Fsp3) is 0.400. The monoisotopic (exact) mass is 277 g/mol. The zero-order chi connectivity index (χ0) is 13.8. The van der Waals surface area contributed by atoms with Crippen LogP contribution in [0.3, 0.4) is 0 Å². The van der Waals surface area contributed by atoms with E-state index in [1.54, 1.807) is 6.26 Å². The van der Waals surface area contributed by atoms with Crippen molar-refractivity contribution in [2.45, 2.75) is 31.1 Å². The Labute approximate surface area is 116 Å². The summed E-state index contributed by atoms with van der Waals surface area (Å²) in [5, 5.41) is 4.29. The van der Waals surface area contributed by atoms with Crippen LogP contribution in [0.25, 0.3) is 6.08 Å². The predicted octanol–water partition coefficient (Wildman–Crippen LogP) is 2.98. The maximum atomic E-state index is 11.4. The van der Waals surface area contributed by atoms with Crippen molar-refractivity contribution in [2.24, 2.45) is 5.16 Å². The van der Waals surface area contributed by atoms with Crippen LogP contribution in [0.4, 0.5) is 0 Å². The smallest absolute Gasteiger partial charge is 0.134 e. The fourth-order valence-corrected chi connectivity index (χ4v) is 2.53. The highest BCUT2D eigenvalue weighted by Crippen LogP contribution is 2.21. The standard InChI is InChI=1S/C15H19NO2S/c1-4-12-5-7-13(8-6-12)15-10-14(18-16-15)9-11(2)19(3)17/h4-8,11,14H,1,9-10H2,2-3H3. The molecular formula is C15H19NO2S. The van der Waals surface area contributed by atoms with Crippen molar-refractivity contribution < 1.29 is 9.05 Å². The molecule has 1 aliphatic heterocycles. The summed E-state index contributed by atoms with van der Waals surface area (Å²) in [4.78, 5) is 5.43. The first-order valence-electron chi connectivity index (χ1n) is 6.38. The van der Waals surface area contributed by atoms with Crippen LogP contribution >= 0.6 is 0 Å². The first kappa shape index (κ1) is 14.0. The average Bonchev–Trinajstić information content (AvgIpc) is 2.87. The molecule has 0 aliphatic carbocycles. The molecule has 0 radical (unpaired) electrons. The van der Waals surface area contributed by atoms with Gasteiger partial charge in [0.25, 0.3) is 0 Å². The Morgan fingerprint density at radius 1 is 1.53 bits per heavy atom. The molecule has 0 aromatic heterocycles. The number of hydrogen-bond acceptors (Lipinski definition) is 3. The lowest BCUT2D eigenvalue weighted by molar-refractivity contribution is 0.0794. The molecule has 0 saturated heterocycles. The minimum Gasteiger partial charge on any atom is -0.392 e. The molecule has 4 heteroatoms. The molecular weight excluding hydrogens is 258 g/mol. The van der Waals surface area contributed by atoms with Crippen LogP contribution in [0, 0.1) is 0 Å². The number of oxime groups is 1. The summed E-state index contributed by atoms with van der Waals surface area (Å²) in [5.41, 5.74) is 3.14. The summed E-state index contributed by atoms with van der Waals surface area (Å²) >= 11 is 0. The molecule has 0 saturated carbocycles. The van der Waals surface area contributed by atoms with E-state index in [1.165, 1.54) is 0 Å². The molecule has 3 nitrogen and oxygen atoms in total. The van der Waals surface area contributed by atoms with Crippen molar-refractivity contribution in [1.29, 1.82) is 0 Å². The summed E-state index contributed by atoms with van der Waals surface area (Å²) in [5.74, 6) is 0. The van der Waals surface area contributed by atoms with Gasteiger partial charge in [-0.2, -0.15) is 0 Å². The third kappa shape index (κ3) is 3.53. The zero-order valence-corrected chi connectivity index (χ0v) is 12.2. The van der Waals surface area contributed by atoms with E-state index in [-0.39, 0.29) is 11.4 Å². The van der Waals surface area contributed by atoms with Crippen LogP contribution in [0.1, 0.15) is 30.9 Å². The van der Waals surface area contributed by atoms with Gasteiger partial charge in [0, 0.05) is 35.1 Å². The molecule has 3 atom stereocenters. The van der Waals surface area contributed by atoms with E-state index >= 15 is 0 Å². The van der Waals surface area contributed by atoms with E-state index in [0.717, 1.165) is 29.7 Å². The molecule has 102 valence electrons. The van der Waals surface area contributed by atoms with Crippen LogP contribution in [-0.4, -0.2) is 27.5 Å². The minimum absolute atomic E-state index is 0.0491. The number of rotatable bonds is 5. The highest BCUT2D eigenvalue weighted by Gasteiger charge is 2.25. The van der Waals surface area contributed by atoms with E-state index in [1.807, 2.05) is 37.3 Å². The molecule has 1 heterocycles. The molecule has 2 rings (SSSR count). The summed E-state index contributed by atoms with van der Waals surface area (Å²) in [7, 11) is -0.808. The van der Waals surface area contributed by atoms with E-state index in [4.69, 9.17) is 4.84 Å². The lowest BCUT2D eigenvalue weighted by atomic mass is 10.0. The summed E-state index contributed by atoms with van der Waals surface area (Å²) in [6.45, 7) is 5.72. The second kappa shape index (κ2) is 6.15. The van der Waals surface area contributed by atoms with Gasteiger partial charge in [-0.3, -0.25) is 4.21 Å². The van der Waals surface area contributed by atoms with E-state index in [0.29, 0.717) is 0 Å². The van der Waals surface area contributed by atoms with Crippen LogP contribution in [0.2, 0.25) is 0 Å². The van der Waals surface area contributed by atoms with Crippen LogP contribution in [-0.2, 0) is 15.6 Å². The highest BCUT2D eigenvalue weighted by atomic mass is 32.2. The fourth-order valence-electron chi connectivity index (χ4n) is 2.04. The average molecular weight is 277 g/mol. The van der Waals surface area contributed by atoms with Crippen LogP contribution in [0.15, 0.2) is 36.0 Å². The van der Waals surface area contributed by atoms with Crippen molar-refractivity contribution in [2.75, 3.05) is 6.26 Å². The van der Waals surface area contributed by atoms with Crippen molar-refractivity contribution in [3.05, 3.63) is 42.0 Å². The van der Waals surface area contributed by atoms with E-state index in [2.05, 4.69) is 11.7 Å². The maximum Gasteiger partial charge on any atom is 0.134 e. The Hall–Kier alpha value is -1.42. The largest absolute Gasteiger partial charge is 0.392 e. The van der Waals surface area contributed by atoms with Crippen LogP contribution < -0.4 is 0 Å². The van der Waals surface area contributed by atoms with Gasteiger partial charge in [0.15, 0.2) is 0 Å². The van der Waals surface area contributed by atoms with Crippen molar-refractivity contribution in [3.63, 3.8) is 0 Å². The maximum absolute atomic E-state index is 11.4. The summed E-state index contributed by atoms with van der Waals surface area (Å²) < 4.78 is 11.4. The van der Waals surface area contributed by atoms with Gasteiger partial charge in [-0.05, 0) is 11.1 Å². The molecule has 1 aromatic rings. The quantitative estimate of drug-likeness (QED) is 0.830. The van der Waals surface area contributed by atoms with Gasteiger partial charge in [0.2, 0.25) is 0 Å². The van der Waals surface area contributed by atoms with Crippen molar-refractivity contribution >= 4 is 22.6 Å².